The molecule has 50 heavy (non-hydrogen) atoms. The molecule has 15 nitrogen and oxygen atoms in total. The van der Waals surface area contributed by atoms with Crippen molar-refractivity contribution in [3.05, 3.63) is 83.2 Å². The summed E-state index contributed by atoms with van der Waals surface area (Å²) in [6, 6.07) is 10.1. The number of carbonyl (C=O) groups excluding carboxylic acids is 4. The number of hydrogen-bond donors (Lipinski definition) is 6. The number of benzene rings is 1. The van der Waals surface area contributed by atoms with Crippen molar-refractivity contribution >= 4 is 75.4 Å². The number of aromatic nitrogens is 3. The van der Waals surface area contributed by atoms with Crippen LogP contribution >= 0.6 is 23.2 Å². The Morgan fingerprint density at radius 1 is 0.740 bits per heavy atom. The molecule has 0 bridgehead atoms. The molecule has 0 aliphatic heterocycles. The molecule has 0 aliphatic rings. The lowest BCUT2D eigenvalue weighted by atomic mass is 10.1. The average molecular weight is 727 g/mol. The number of nitrogens with one attached hydrogen (secondary N) is 4. The molecule has 3 heterocycles. The van der Waals surface area contributed by atoms with Crippen LogP contribution in [0.1, 0.15) is 53.8 Å². The van der Waals surface area contributed by atoms with E-state index in [4.69, 9.17) is 34.8 Å². The lowest BCUT2D eigenvalue weighted by Gasteiger charge is -2.25. The minimum atomic E-state index is -0.449. The lowest BCUT2D eigenvalue weighted by Crippen LogP contribution is -2.29. The second-order valence-electron chi connectivity index (χ2n) is 11.5. The van der Waals surface area contributed by atoms with Gasteiger partial charge in [0.25, 0.3) is 23.6 Å². The highest BCUT2D eigenvalue weighted by atomic mass is 35.5. The molecule has 4 aromatic rings. The van der Waals surface area contributed by atoms with E-state index < -0.39 is 11.8 Å². The van der Waals surface area contributed by atoms with Gasteiger partial charge in [-0.3, -0.25) is 19.2 Å². The number of hydrazone groups is 1. The van der Waals surface area contributed by atoms with Gasteiger partial charge in [0.1, 0.15) is 22.9 Å². The summed E-state index contributed by atoms with van der Waals surface area (Å²) in [6.07, 6.45) is 5.14. The normalized spacial score (nSPS) is 11.3. The summed E-state index contributed by atoms with van der Waals surface area (Å²) in [5, 5.41) is 14.5. The first-order valence-corrected chi connectivity index (χ1v) is 16.6. The van der Waals surface area contributed by atoms with Crippen molar-refractivity contribution < 1.29 is 19.2 Å². The van der Waals surface area contributed by atoms with E-state index in [1.165, 1.54) is 6.07 Å². The number of halogens is 2. The Balaban J connectivity index is 1.38. The van der Waals surface area contributed by atoms with Crippen LogP contribution in [0.25, 0.3) is 0 Å². The van der Waals surface area contributed by atoms with Gasteiger partial charge in [-0.15, -0.1) is 23.2 Å². The maximum atomic E-state index is 13.2. The Kier molecular flexibility index (Phi) is 12.6. The summed E-state index contributed by atoms with van der Waals surface area (Å²) in [7, 11) is 5.04. The third-order valence-electron chi connectivity index (χ3n) is 7.83. The molecule has 4 rings (SSSR count). The average Bonchev–Trinajstić information content (AvgIpc) is 3.75. The molecule has 4 amide bonds. The van der Waals surface area contributed by atoms with Gasteiger partial charge in [0.2, 0.25) is 0 Å². The number of aryl methyl sites for hydroxylation is 4. The van der Waals surface area contributed by atoms with Crippen molar-refractivity contribution in [2.24, 2.45) is 37.8 Å². The van der Waals surface area contributed by atoms with Gasteiger partial charge >= 0.3 is 0 Å². The molecule has 0 radical (unpaired) electrons. The van der Waals surface area contributed by atoms with Gasteiger partial charge in [0, 0.05) is 88.8 Å². The van der Waals surface area contributed by atoms with Gasteiger partial charge in [0.15, 0.2) is 0 Å². The second kappa shape index (κ2) is 16.8. The van der Waals surface area contributed by atoms with Gasteiger partial charge in [-0.2, -0.15) is 5.10 Å². The molecule has 3 aromatic heterocycles. The molecule has 0 spiro atoms. The number of carbonyl (C=O) groups is 4. The quantitative estimate of drug-likeness (QED) is 0.0355. The maximum absolute atomic E-state index is 13.2. The monoisotopic (exact) mass is 725 g/mol. The van der Waals surface area contributed by atoms with E-state index in [0.29, 0.717) is 59.6 Å². The molecule has 0 saturated carbocycles. The van der Waals surface area contributed by atoms with Crippen molar-refractivity contribution in [2.45, 2.75) is 13.3 Å². The Morgan fingerprint density at radius 2 is 1.20 bits per heavy atom. The van der Waals surface area contributed by atoms with E-state index in [1.807, 2.05) is 13.0 Å². The Labute approximate surface area is 299 Å². The molecule has 266 valence electrons. The largest absolute Gasteiger partial charge is 0.386 e. The second-order valence-corrected chi connectivity index (χ2v) is 12.3. The molecule has 0 atom stereocenters. The minimum Gasteiger partial charge on any atom is -0.386 e. The zero-order valence-corrected chi connectivity index (χ0v) is 29.7. The molecule has 0 aliphatic carbocycles. The number of amides is 4. The molecule has 1 aromatic carbocycles. The zero-order chi connectivity index (χ0) is 36.5. The van der Waals surface area contributed by atoms with Crippen LogP contribution in [-0.4, -0.2) is 74.6 Å². The van der Waals surface area contributed by atoms with Crippen LogP contribution in [0.15, 0.2) is 60.1 Å². The van der Waals surface area contributed by atoms with E-state index in [1.54, 1.807) is 77.7 Å². The Morgan fingerprint density at radius 3 is 1.64 bits per heavy atom. The third-order valence-corrected chi connectivity index (χ3v) is 8.17. The van der Waals surface area contributed by atoms with Crippen LogP contribution in [-0.2, 0) is 21.1 Å². The SMILES string of the molecule is Cc1cc(C(=O)Nc2cc(C(=O)Nc3cc(C(=O)Nc4cc(C(=O)NCCC(N)=NN)n(C)c4)n(C)c3)n(C)c2)ccc1N(CCCl)CCCl. The number of nitrogens with zero attached hydrogens (tertiary/aromatic N) is 5. The highest BCUT2D eigenvalue weighted by molar-refractivity contribution is 6.18. The number of amidine groups is 1. The van der Waals surface area contributed by atoms with Gasteiger partial charge in [-0.05, 0) is 48.9 Å². The van der Waals surface area contributed by atoms with Crippen molar-refractivity contribution in [3.63, 3.8) is 0 Å². The van der Waals surface area contributed by atoms with E-state index in [-0.39, 0.29) is 35.6 Å². The molecule has 0 fully saturated rings. The predicted octanol–water partition coefficient (Wildman–Crippen LogP) is 3.40. The molecule has 0 unspecified atom stereocenters. The summed E-state index contributed by atoms with van der Waals surface area (Å²) in [5.41, 5.74) is 9.97. The topological polar surface area (TPSA) is 199 Å². The third kappa shape index (κ3) is 9.18. The van der Waals surface area contributed by atoms with Crippen LogP contribution < -0.4 is 37.7 Å². The summed E-state index contributed by atoms with van der Waals surface area (Å²) < 4.78 is 4.74. The van der Waals surface area contributed by atoms with Gasteiger partial charge in [-0.25, -0.2) is 0 Å². The predicted molar refractivity (Wildman–Crippen MR) is 198 cm³/mol. The number of anilines is 4. The first-order chi connectivity index (χ1) is 23.8. The van der Waals surface area contributed by atoms with Crippen LogP contribution in [0.4, 0.5) is 22.7 Å². The number of rotatable bonds is 15. The van der Waals surface area contributed by atoms with E-state index >= 15 is 0 Å². The molecule has 8 N–H and O–H groups in total. The number of hydrogen-bond acceptors (Lipinski definition) is 7. The first-order valence-electron chi connectivity index (χ1n) is 15.6. The standard InChI is InChI=1S/C33H41Cl2N11O4/c1-20-13-21(5-6-25(20)46(11-8-34)12-9-35)30(47)39-22-15-27(44(3)17-22)32(49)41-24-16-28(45(4)19-24)33(50)40-23-14-26(43(2)18-23)31(48)38-10-7-29(36)42-37/h5-6,13-19H,7-12,37H2,1-4H3,(H2,36,42)(H,38,48)(H,39,47)(H,40,50)(H,41,49). The summed E-state index contributed by atoms with van der Waals surface area (Å²) in [4.78, 5) is 54.1. The minimum absolute atomic E-state index is 0.211. The first kappa shape index (κ1) is 37.4. The van der Waals surface area contributed by atoms with Gasteiger partial charge in [0.05, 0.1) is 17.1 Å². The van der Waals surface area contributed by atoms with E-state index in [9.17, 15) is 19.2 Å². The van der Waals surface area contributed by atoms with Gasteiger partial charge < -0.3 is 51.4 Å². The smallest absolute Gasteiger partial charge is 0.272 e. The summed E-state index contributed by atoms with van der Waals surface area (Å²) in [6.45, 7) is 3.43. The van der Waals surface area contributed by atoms with E-state index in [0.717, 1.165) is 11.3 Å². The number of alkyl halides is 2. The van der Waals surface area contributed by atoms with Gasteiger partial charge in [-0.1, -0.05) is 0 Å². The molecule has 0 saturated heterocycles. The number of nitrogens with two attached hydrogens (primary N) is 2. The highest BCUT2D eigenvalue weighted by Gasteiger charge is 2.20. The fourth-order valence-electron chi connectivity index (χ4n) is 5.34. The summed E-state index contributed by atoms with van der Waals surface area (Å²) in [5.74, 6) is 4.65. The fraction of sp³-hybridized carbons (Fsp3) is 0.303. The molecular weight excluding hydrogens is 685 g/mol. The Bertz CT molecular complexity index is 1900. The maximum Gasteiger partial charge on any atom is 0.272 e. The Hall–Kier alpha value is -5.41. The van der Waals surface area contributed by atoms with Crippen molar-refractivity contribution in [1.82, 2.24) is 19.0 Å². The van der Waals surface area contributed by atoms with Crippen LogP contribution in [0.5, 0.6) is 0 Å². The van der Waals surface area contributed by atoms with Crippen molar-refractivity contribution in [3.8, 4) is 0 Å². The molecular formula is C33H41Cl2N11O4. The van der Waals surface area contributed by atoms with Crippen molar-refractivity contribution in [2.75, 3.05) is 52.2 Å². The highest BCUT2D eigenvalue weighted by Crippen LogP contribution is 2.24. The lowest BCUT2D eigenvalue weighted by molar-refractivity contribution is 0.0944. The zero-order valence-electron chi connectivity index (χ0n) is 28.2. The summed E-state index contributed by atoms with van der Waals surface area (Å²) >= 11 is 11.9. The molecule has 17 heteroatoms. The van der Waals surface area contributed by atoms with Crippen molar-refractivity contribution in [1.29, 1.82) is 0 Å². The fourth-order valence-corrected chi connectivity index (χ4v) is 5.74. The van der Waals surface area contributed by atoms with Crippen LogP contribution in [0.2, 0.25) is 0 Å². The van der Waals surface area contributed by atoms with E-state index in [2.05, 4.69) is 31.3 Å². The van der Waals surface area contributed by atoms with Crippen LogP contribution in [0.3, 0.4) is 0 Å². The van der Waals surface area contributed by atoms with Crippen LogP contribution in [0, 0.1) is 6.92 Å².